The topological polar surface area (TPSA) is 73.0 Å². The van der Waals surface area contributed by atoms with Gasteiger partial charge in [-0.1, -0.05) is 41.0 Å². The minimum absolute atomic E-state index is 0.121. The van der Waals surface area contributed by atoms with Crippen LogP contribution < -0.4 is 5.32 Å². The van der Waals surface area contributed by atoms with Crippen LogP contribution >= 0.6 is 0 Å². The Balaban J connectivity index is 2.36. The van der Waals surface area contributed by atoms with Crippen molar-refractivity contribution >= 4 is 11.5 Å². The zero-order valence-corrected chi connectivity index (χ0v) is 13.1. The van der Waals surface area contributed by atoms with Crippen molar-refractivity contribution in [2.45, 2.75) is 53.5 Å². The van der Waals surface area contributed by atoms with Crippen molar-refractivity contribution in [3.63, 3.8) is 0 Å². The van der Waals surface area contributed by atoms with E-state index in [2.05, 4.69) is 38.1 Å². The molecule has 0 amide bonds. The average molecular weight is 280 g/mol. The molecular formula is C14H24N4O2. The van der Waals surface area contributed by atoms with Crippen LogP contribution in [-0.4, -0.2) is 20.7 Å². The van der Waals surface area contributed by atoms with Crippen molar-refractivity contribution in [2.75, 3.05) is 5.32 Å². The standard InChI is InChI=1S/C14H24N4O2/c1-7-8-9-10(18(19)20)11(17(6)16-9)15-12-13(2,3)14(12,4)5/h12,15H,7-8H2,1-6H3. The van der Waals surface area contributed by atoms with E-state index in [9.17, 15) is 10.1 Å². The molecule has 0 atom stereocenters. The summed E-state index contributed by atoms with van der Waals surface area (Å²) < 4.78 is 1.60. The molecule has 1 aromatic rings. The number of aryl methyl sites for hydroxylation is 2. The van der Waals surface area contributed by atoms with E-state index >= 15 is 0 Å². The second-order valence-corrected chi connectivity index (χ2v) is 6.80. The van der Waals surface area contributed by atoms with Crippen molar-refractivity contribution in [3.05, 3.63) is 15.8 Å². The maximum atomic E-state index is 11.4. The van der Waals surface area contributed by atoms with E-state index in [1.165, 1.54) is 0 Å². The first-order chi connectivity index (χ1) is 9.14. The first-order valence-electron chi connectivity index (χ1n) is 7.11. The Labute approximate surface area is 119 Å². The third kappa shape index (κ3) is 1.98. The highest BCUT2D eigenvalue weighted by molar-refractivity contribution is 5.62. The molecule has 6 nitrogen and oxygen atoms in total. The summed E-state index contributed by atoms with van der Waals surface area (Å²) in [6.45, 7) is 10.7. The zero-order chi connectivity index (χ0) is 15.3. The lowest BCUT2D eigenvalue weighted by Crippen LogP contribution is -2.14. The van der Waals surface area contributed by atoms with Gasteiger partial charge in [0.1, 0.15) is 5.69 Å². The highest BCUT2D eigenvalue weighted by Gasteiger charge is 2.65. The van der Waals surface area contributed by atoms with E-state index in [0.29, 0.717) is 17.9 Å². The third-order valence-electron chi connectivity index (χ3n) is 5.06. The Morgan fingerprint density at radius 1 is 1.35 bits per heavy atom. The van der Waals surface area contributed by atoms with Crippen molar-refractivity contribution in [3.8, 4) is 0 Å². The Morgan fingerprint density at radius 3 is 2.30 bits per heavy atom. The maximum Gasteiger partial charge on any atom is 0.333 e. The van der Waals surface area contributed by atoms with Crippen molar-refractivity contribution in [2.24, 2.45) is 17.9 Å². The number of aromatic nitrogens is 2. The normalized spacial score (nSPS) is 19.9. The van der Waals surface area contributed by atoms with Crippen LogP contribution in [0.1, 0.15) is 46.7 Å². The van der Waals surface area contributed by atoms with Gasteiger partial charge in [0, 0.05) is 13.1 Å². The molecule has 2 rings (SSSR count). The van der Waals surface area contributed by atoms with Crippen molar-refractivity contribution in [1.29, 1.82) is 0 Å². The SMILES string of the molecule is CCCc1nn(C)c(NC2C(C)(C)C2(C)C)c1[N+](=O)[O-]. The number of rotatable bonds is 5. The molecule has 0 spiro atoms. The molecule has 6 heteroatoms. The largest absolute Gasteiger partial charge is 0.361 e. The molecule has 1 N–H and O–H groups in total. The Bertz CT molecular complexity index is 532. The molecule has 112 valence electrons. The summed E-state index contributed by atoms with van der Waals surface area (Å²) in [5.41, 5.74) is 0.943. The number of nitrogens with one attached hydrogen (secondary N) is 1. The van der Waals surface area contributed by atoms with Gasteiger partial charge in [0.15, 0.2) is 0 Å². The minimum Gasteiger partial charge on any atom is -0.361 e. The molecule has 0 saturated heterocycles. The smallest absolute Gasteiger partial charge is 0.333 e. The van der Waals surface area contributed by atoms with Crippen LogP contribution in [0.4, 0.5) is 11.5 Å². The van der Waals surface area contributed by atoms with E-state index in [1.54, 1.807) is 11.7 Å². The molecule has 1 saturated carbocycles. The molecule has 0 bridgehead atoms. The quantitative estimate of drug-likeness (QED) is 0.664. The van der Waals surface area contributed by atoms with Gasteiger partial charge in [0.25, 0.3) is 0 Å². The monoisotopic (exact) mass is 280 g/mol. The van der Waals surface area contributed by atoms with Crippen molar-refractivity contribution < 1.29 is 4.92 Å². The van der Waals surface area contributed by atoms with Crippen LogP contribution in [0.25, 0.3) is 0 Å². The minimum atomic E-state index is -0.317. The van der Waals surface area contributed by atoms with Gasteiger partial charge in [-0.3, -0.25) is 10.1 Å². The molecule has 1 aliphatic rings. The molecular weight excluding hydrogens is 256 g/mol. The van der Waals surface area contributed by atoms with Gasteiger partial charge in [-0.2, -0.15) is 5.10 Å². The van der Waals surface area contributed by atoms with E-state index < -0.39 is 0 Å². The zero-order valence-electron chi connectivity index (χ0n) is 13.1. The van der Waals surface area contributed by atoms with Crippen LogP contribution in [0.3, 0.4) is 0 Å². The lowest BCUT2D eigenvalue weighted by atomic mass is 10.0. The predicted octanol–water partition coefficient (Wildman–Crippen LogP) is 3.13. The van der Waals surface area contributed by atoms with Gasteiger partial charge in [-0.05, 0) is 17.3 Å². The molecule has 1 fully saturated rings. The van der Waals surface area contributed by atoms with Gasteiger partial charge >= 0.3 is 5.69 Å². The van der Waals surface area contributed by atoms with Gasteiger partial charge in [0.05, 0.1) is 4.92 Å². The van der Waals surface area contributed by atoms with Gasteiger partial charge in [-0.25, -0.2) is 4.68 Å². The van der Waals surface area contributed by atoms with Crippen LogP contribution in [0.5, 0.6) is 0 Å². The van der Waals surface area contributed by atoms with Gasteiger partial charge in [-0.15, -0.1) is 0 Å². The highest BCUT2D eigenvalue weighted by Crippen LogP contribution is 2.64. The number of nitro groups is 1. The fourth-order valence-electron chi connectivity index (χ4n) is 3.02. The highest BCUT2D eigenvalue weighted by atomic mass is 16.6. The summed E-state index contributed by atoms with van der Waals surface area (Å²) in [5, 5.41) is 19.0. The second-order valence-electron chi connectivity index (χ2n) is 6.80. The summed E-state index contributed by atoms with van der Waals surface area (Å²) in [6, 6.07) is 0.221. The first-order valence-corrected chi connectivity index (χ1v) is 7.11. The van der Waals surface area contributed by atoms with Gasteiger partial charge < -0.3 is 5.32 Å². The molecule has 20 heavy (non-hydrogen) atoms. The van der Waals surface area contributed by atoms with Gasteiger partial charge in [0.2, 0.25) is 5.82 Å². The van der Waals surface area contributed by atoms with Crippen LogP contribution in [-0.2, 0) is 13.5 Å². The lowest BCUT2D eigenvalue weighted by molar-refractivity contribution is -0.384. The molecule has 1 aromatic heterocycles. The summed E-state index contributed by atoms with van der Waals surface area (Å²) in [4.78, 5) is 11.1. The summed E-state index contributed by atoms with van der Waals surface area (Å²) in [6.07, 6.45) is 1.47. The van der Waals surface area contributed by atoms with E-state index in [4.69, 9.17) is 0 Å². The lowest BCUT2D eigenvalue weighted by Gasteiger charge is -2.07. The van der Waals surface area contributed by atoms with Crippen LogP contribution in [0, 0.1) is 20.9 Å². The maximum absolute atomic E-state index is 11.4. The number of anilines is 1. The Morgan fingerprint density at radius 2 is 1.90 bits per heavy atom. The number of nitrogens with zero attached hydrogens (tertiary/aromatic N) is 3. The van der Waals surface area contributed by atoms with Crippen LogP contribution in [0.15, 0.2) is 0 Å². The first kappa shape index (κ1) is 14.8. The average Bonchev–Trinajstić information content (AvgIpc) is 2.59. The fourth-order valence-corrected chi connectivity index (χ4v) is 3.02. The van der Waals surface area contributed by atoms with E-state index in [1.807, 2.05) is 6.92 Å². The second kappa shape index (κ2) is 4.46. The molecule has 1 aliphatic carbocycles. The molecule has 0 aromatic carbocycles. The third-order valence-corrected chi connectivity index (χ3v) is 5.06. The Hall–Kier alpha value is -1.59. The molecule has 0 radical (unpaired) electrons. The number of hydrogen-bond donors (Lipinski definition) is 1. The molecule has 0 aliphatic heterocycles. The summed E-state index contributed by atoms with van der Waals surface area (Å²) in [5.74, 6) is 0.530. The predicted molar refractivity (Wildman–Crippen MR) is 78.8 cm³/mol. The van der Waals surface area contributed by atoms with E-state index in [-0.39, 0.29) is 27.5 Å². The van der Waals surface area contributed by atoms with Crippen molar-refractivity contribution in [1.82, 2.24) is 9.78 Å². The van der Waals surface area contributed by atoms with Crippen LogP contribution in [0.2, 0.25) is 0 Å². The summed E-state index contributed by atoms with van der Waals surface area (Å²) in [7, 11) is 1.76. The Kier molecular flexibility index (Phi) is 3.31. The van der Waals surface area contributed by atoms with E-state index in [0.717, 1.165) is 6.42 Å². The molecule has 1 heterocycles. The molecule has 0 unspecified atom stereocenters. The number of hydrogen-bond acceptors (Lipinski definition) is 4. The fraction of sp³-hybridized carbons (Fsp3) is 0.786. The summed E-state index contributed by atoms with van der Waals surface area (Å²) >= 11 is 0.